The van der Waals surface area contributed by atoms with E-state index in [1.807, 2.05) is 0 Å². The fraction of sp³-hybridized carbons (Fsp3) is 0.778. The van der Waals surface area contributed by atoms with Crippen LogP contribution in [0.2, 0.25) is 10.1 Å². The Morgan fingerprint density at radius 3 is 2.33 bits per heavy atom. The van der Waals surface area contributed by atoms with Crippen molar-refractivity contribution in [3.8, 4) is 0 Å². The fourth-order valence-corrected chi connectivity index (χ4v) is 9.31. The number of aryl methyl sites for hydroxylation is 1. The van der Waals surface area contributed by atoms with Gasteiger partial charge >= 0.3 is 14.3 Å². The van der Waals surface area contributed by atoms with Gasteiger partial charge in [0.25, 0.3) is 5.56 Å². The molecular formula is C18H30N2O6Si. The average molecular weight is 399 g/mol. The molecule has 0 aromatic carbocycles. The number of rotatable bonds is 1. The molecule has 0 radical (unpaired) electrons. The number of aliphatic hydroxyl groups excluding tert-OH is 1. The molecule has 0 amide bonds. The van der Waals surface area contributed by atoms with Crippen molar-refractivity contribution in [2.45, 2.75) is 83.1 Å². The Balaban J connectivity index is 1.97. The van der Waals surface area contributed by atoms with Gasteiger partial charge in [0.05, 0.1) is 6.61 Å². The van der Waals surface area contributed by atoms with E-state index in [1.54, 1.807) is 6.92 Å². The Kier molecular flexibility index (Phi) is 4.84. The monoisotopic (exact) mass is 398 g/mol. The zero-order valence-electron chi connectivity index (χ0n) is 17.0. The van der Waals surface area contributed by atoms with Crippen LogP contribution in [0.3, 0.4) is 0 Å². The molecule has 3 heterocycles. The van der Waals surface area contributed by atoms with Crippen molar-refractivity contribution in [3.05, 3.63) is 32.6 Å². The van der Waals surface area contributed by atoms with Crippen molar-refractivity contribution in [2.24, 2.45) is 0 Å². The molecule has 0 bridgehead atoms. The van der Waals surface area contributed by atoms with E-state index in [4.69, 9.17) is 13.6 Å². The van der Waals surface area contributed by atoms with Crippen LogP contribution in [0.1, 0.15) is 53.3 Å². The van der Waals surface area contributed by atoms with Crippen LogP contribution in [0.15, 0.2) is 15.8 Å². The lowest BCUT2D eigenvalue weighted by atomic mass is 10.1. The second-order valence-corrected chi connectivity index (χ2v) is 14.3. The molecule has 8 nitrogen and oxygen atoms in total. The van der Waals surface area contributed by atoms with Crippen LogP contribution in [0.4, 0.5) is 0 Å². The van der Waals surface area contributed by atoms with Crippen LogP contribution in [-0.4, -0.2) is 48.1 Å². The highest BCUT2D eigenvalue weighted by Crippen LogP contribution is 2.55. The van der Waals surface area contributed by atoms with Crippen molar-refractivity contribution in [2.75, 3.05) is 6.61 Å². The molecule has 152 valence electrons. The molecule has 3 rings (SSSR count). The predicted octanol–water partition coefficient (Wildman–Crippen LogP) is 1.56. The maximum Gasteiger partial charge on any atom is 0.349 e. The maximum atomic E-state index is 12.2. The first-order valence-corrected chi connectivity index (χ1v) is 11.1. The van der Waals surface area contributed by atoms with E-state index in [0.29, 0.717) is 12.2 Å². The molecule has 4 atom stereocenters. The topological polar surface area (TPSA) is 103 Å². The SMILES string of the molecule is Cc1cn([C@@H]2O[C@@H]3CO[Si](C(C)(C)C)(C(C)(C)C)O[C@H]3[C@H]2O)c(=O)[nH]c1=O. The molecular weight excluding hydrogens is 368 g/mol. The fourth-order valence-electron chi connectivity index (χ4n) is 4.34. The molecule has 2 N–H and O–H groups in total. The summed E-state index contributed by atoms with van der Waals surface area (Å²) in [6.07, 6.45) is -1.64. The van der Waals surface area contributed by atoms with Crippen LogP contribution in [0, 0.1) is 6.92 Å². The van der Waals surface area contributed by atoms with Crippen molar-refractivity contribution >= 4 is 8.56 Å². The van der Waals surface area contributed by atoms with E-state index in [1.165, 1.54) is 10.8 Å². The standard InChI is InChI=1S/C18H30N2O6Si/c1-10-8-20(16(23)19-14(10)22)15-12(21)13-11(25-15)9-24-27(26-13,17(2,3)4)18(5,6)7/h8,11-13,15,21H,9H2,1-7H3,(H,19,22,23)/t11-,12-,13-,15-/m1/s1. The number of fused-ring (bicyclic) bond motifs is 1. The van der Waals surface area contributed by atoms with E-state index < -0.39 is 44.3 Å². The molecule has 9 heteroatoms. The second kappa shape index (κ2) is 6.38. The third-order valence-corrected chi connectivity index (χ3v) is 10.6. The minimum Gasteiger partial charge on any atom is -0.391 e. The quantitative estimate of drug-likeness (QED) is 0.696. The summed E-state index contributed by atoms with van der Waals surface area (Å²) in [6, 6.07) is 0. The molecule has 0 saturated carbocycles. The molecule has 2 fully saturated rings. The van der Waals surface area contributed by atoms with Crippen LogP contribution in [-0.2, 0) is 13.6 Å². The predicted molar refractivity (Wildman–Crippen MR) is 102 cm³/mol. The van der Waals surface area contributed by atoms with Crippen LogP contribution in [0.25, 0.3) is 0 Å². The summed E-state index contributed by atoms with van der Waals surface area (Å²) < 4.78 is 20.0. The number of nitrogens with zero attached hydrogens (tertiary/aromatic N) is 1. The summed E-state index contributed by atoms with van der Waals surface area (Å²) in [5.74, 6) is 0. The number of ether oxygens (including phenoxy) is 1. The van der Waals surface area contributed by atoms with Crippen molar-refractivity contribution in [1.82, 2.24) is 9.55 Å². The van der Waals surface area contributed by atoms with Crippen LogP contribution in [0.5, 0.6) is 0 Å². The van der Waals surface area contributed by atoms with Gasteiger partial charge in [-0.1, -0.05) is 41.5 Å². The molecule has 0 spiro atoms. The van der Waals surface area contributed by atoms with Gasteiger partial charge in [0.15, 0.2) is 6.23 Å². The zero-order valence-corrected chi connectivity index (χ0v) is 18.0. The summed E-state index contributed by atoms with van der Waals surface area (Å²) in [5.41, 5.74) is -0.706. The molecule has 2 aliphatic rings. The number of aromatic amines is 1. The van der Waals surface area contributed by atoms with Gasteiger partial charge in [0, 0.05) is 21.8 Å². The number of H-pyrrole nitrogens is 1. The molecule has 2 saturated heterocycles. The number of aliphatic hydroxyl groups is 1. The van der Waals surface area contributed by atoms with Crippen molar-refractivity contribution in [3.63, 3.8) is 0 Å². The summed E-state index contributed by atoms with van der Waals surface area (Å²) in [4.78, 5) is 26.1. The minimum atomic E-state index is -2.76. The molecule has 2 aliphatic heterocycles. The van der Waals surface area contributed by atoms with Gasteiger partial charge in [-0.2, -0.15) is 0 Å². The lowest BCUT2D eigenvalue weighted by molar-refractivity contribution is -0.0809. The highest BCUT2D eigenvalue weighted by Gasteiger charge is 2.64. The lowest BCUT2D eigenvalue weighted by Gasteiger charge is -2.53. The highest BCUT2D eigenvalue weighted by molar-refractivity contribution is 6.73. The minimum absolute atomic E-state index is 0.223. The highest BCUT2D eigenvalue weighted by atomic mass is 28.4. The van der Waals surface area contributed by atoms with Gasteiger partial charge in [-0.25, -0.2) is 4.79 Å². The summed E-state index contributed by atoms with van der Waals surface area (Å²) in [5, 5.41) is 10.5. The van der Waals surface area contributed by atoms with E-state index in [9.17, 15) is 14.7 Å². The third kappa shape index (κ3) is 3.15. The maximum absolute atomic E-state index is 12.2. The van der Waals surface area contributed by atoms with Crippen molar-refractivity contribution in [1.29, 1.82) is 0 Å². The third-order valence-electron chi connectivity index (χ3n) is 5.46. The number of aromatic nitrogens is 2. The van der Waals surface area contributed by atoms with Gasteiger partial charge in [-0.15, -0.1) is 0 Å². The molecule has 1 aromatic rings. The van der Waals surface area contributed by atoms with E-state index in [2.05, 4.69) is 46.5 Å². The molecule has 1 aromatic heterocycles. The van der Waals surface area contributed by atoms with Gasteiger partial charge in [-0.3, -0.25) is 14.3 Å². The zero-order chi connectivity index (χ0) is 20.4. The van der Waals surface area contributed by atoms with Crippen molar-refractivity contribution < 1.29 is 18.7 Å². The smallest absolute Gasteiger partial charge is 0.349 e. The largest absolute Gasteiger partial charge is 0.391 e. The first-order chi connectivity index (χ1) is 12.3. The Bertz CT molecular complexity index is 820. The number of nitrogens with one attached hydrogen (secondary N) is 1. The van der Waals surface area contributed by atoms with Gasteiger partial charge < -0.3 is 18.7 Å². The number of hydrogen-bond acceptors (Lipinski definition) is 6. The van der Waals surface area contributed by atoms with Gasteiger partial charge in [-0.05, 0) is 6.92 Å². The Morgan fingerprint density at radius 1 is 1.19 bits per heavy atom. The molecule has 0 unspecified atom stereocenters. The molecule has 27 heavy (non-hydrogen) atoms. The normalized spacial score (nSPS) is 31.0. The summed E-state index contributed by atoms with van der Waals surface area (Å²) in [7, 11) is -2.76. The lowest BCUT2D eigenvalue weighted by Crippen LogP contribution is -2.65. The second-order valence-electron chi connectivity index (χ2n) is 9.54. The van der Waals surface area contributed by atoms with E-state index >= 15 is 0 Å². The Labute approximate surface area is 159 Å². The van der Waals surface area contributed by atoms with Gasteiger partial charge in [0.2, 0.25) is 0 Å². The van der Waals surface area contributed by atoms with Gasteiger partial charge in [0.1, 0.15) is 18.3 Å². The Hall–Kier alpha value is -1.26. The summed E-state index contributed by atoms with van der Waals surface area (Å²) >= 11 is 0. The first kappa shape index (κ1) is 20.5. The van der Waals surface area contributed by atoms with Crippen LogP contribution < -0.4 is 11.2 Å². The molecule has 0 aliphatic carbocycles. The Morgan fingerprint density at radius 2 is 1.78 bits per heavy atom. The van der Waals surface area contributed by atoms with Crippen LogP contribution >= 0.6 is 0 Å². The average Bonchev–Trinajstić information content (AvgIpc) is 2.85. The summed E-state index contributed by atoms with van der Waals surface area (Å²) in [6.45, 7) is 14.5. The van der Waals surface area contributed by atoms with E-state index in [-0.39, 0.29) is 10.1 Å². The number of hydrogen-bond donors (Lipinski definition) is 2. The first-order valence-electron chi connectivity index (χ1n) is 9.26. The van der Waals surface area contributed by atoms with E-state index in [0.717, 1.165) is 0 Å².